The molecule has 4 nitrogen and oxygen atoms in total. The number of furan rings is 1. The molecule has 1 unspecified atom stereocenters. The Hall–Kier alpha value is -1.29. The number of nitrogens with one attached hydrogen (secondary N) is 1. The Morgan fingerprint density at radius 3 is 2.77 bits per heavy atom. The molecule has 2 atom stereocenters. The number of rotatable bonds is 4. The van der Waals surface area contributed by atoms with E-state index < -0.39 is 12.0 Å². The topological polar surface area (TPSA) is 62.5 Å². The van der Waals surface area contributed by atoms with Crippen LogP contribution in [0.2, 0.25) is 0 Å². The third-order valence-corrected chi connectivity index (χ3v) is 1.84. The van der Waals surface area contributed by atoms with E-state index in [1.54, 1.807) is 19.3 Å². The molecule has 72 valence electrons. The van der Waals surface area contributed by atoms with Gasteiger partial charge in [-0.2, -0.15) is 0 Å². The summed E-state index contributed by atoms with van der Waals surface area (Å²) < 4.78 is 5.12. The predicted octanol–water partition coefficient (Wildman–Crippen LogP) is 1.40. The lowest BCUT2D eigenvalue weighted by Crippen LogP contribution is -2.35. The zero-order chi connectivity index (χ0) is 9.84. The van der Waals surface area contributed by atoms with Crippen molar-refractivity contribution >= 4 is 5.97 Å². The van der Waals surface area contributed by atoms with Crippen molar-refractivity contribution < 1.29 is 14.3 Å². The molecule has 1 aromatic heterocycles. The first-order valence-corrected chi connectivity index (χ1v) is 4.13. The van der Waals surface area contributed by atoms with Gasteiger partial charge in [0.2, 0.25) is 0 Å². The maximum atomic E-state index is 10.5. The summed E-state index contributed by atoms with van der Waals surface area (Å²) >= 11 is 0. The van der Waals surface area contributed by atoms with Gasteiger partial charge in [-0.1, -0.05) is 0 Å². The van der Waals surface area contributed by atoms with Crippen molar-refractivity contribution in [3.05, 3.63) is 24.2 Å². The second-order valence-corrected chi connectivity index (χ2v) is 2.96. The highest BCUT2D eigenvalue weighted by molar-refractivity contribution is 5.72. The van der Waals surface area contributed by atoms with E-state index in [-0.39, 0.29) is 6.04 Å². The quantitative estimate of drug-likeness (QED) is 0.740. The van der Waals surface area contributed by atoms with E-state index in [9.17, 15) is 4.79 Å². The molecule has 0 bridgehead atoms. The molecule has 0 aliphatic heterocycles. The summed E-state index contributed by atoms with van der Waals surface area (Å²) in [5, 5.41) is 11.5. The second kappa shape index (κ2) is 4.09. The molecule has 4 heteroatoms. The van der Waals surface area contributed by atoms with Crippen LogP contribution >= 0.6 is 0 Å². The van der Waals surface area contributed by atoms with E-state index in [1.807, 2.05) is 13.0 Å². The fourth-order valence-electron chi connectivity index (χ4n) is 1.07. The highest BCUT2D eigenvalue weighted by Gasteiger charge is 2.15. The van der Waals surface area contributed by atoms with E-state index in [0.717, 1.165) is 5.76 Å². The Morgan fingerprint density at radius 1 is 1.62 bits per heavy atom. The molecule has 0 aliphatic carbocycles. The molecule has 0 saturated carbocycles. The lowest BCUT2D eigenvalue weighted by molar-refractivity contribution is -0.139. The molecule has 1 aromatic rings. The summed E-state index contributed by atoms with van der Waals surface area (Å²) in [7, 11) is 0. The molecular formula is C9H13NO3. The van der Waals surface area contributed by atoms with Crippen LogP contribution in [0, 0.1) is 0 Å². The lowest BCUT2D eigenvalue weighted by atomic mass is 10.2. The number of hydrogen-bond donors (Lipinski definition) is 2. The van der Waals surface area contributed by atoms with Gasteiger partial charge in [0.15, 0.2) is 0 Å². The molecule has 0 aromatic carbocycles. The van der Waals surface area contributed by atoms with E-state index >= 15 is 0 Å². The highest BCUT2D eigenvalue weighted by Crippen LogP contribution is 2.12. The zero-order valence-electron chi connectivity index (χ0n) is 7.65. The fraction of sp³-hybridized carbons (Fsp3) is 0.444. The van der Waals surface area contributed by atoms with Gasteiger partial charge in [-0.25, -0.2) is 0 Å². The molecule has 0 fully saturated rings. The predicted molar refractivity (Wildman–Crippen MR) is 47.4 cm³/mol. The summed E-state index contributed by atoms with van der Waals surface area (Å²) in [4.78, 5) is 10.5. The van der Waals surface area contributed by atoms with Gasteiger partial charge in [0.05, 0.1) is 12.3 Å². The van der Waals surface area contributed by atoms with Gasteiger partial charge in [0.1, 0.15) is 11.8 Å². The first-order chi connectivity index (χ1) is 6.11. The maximum absolute atomic E-state index is 10.5. The van der Waals surface area contributed by atoms with Crippen LogP contribution in [0.3, 0.4) is 0 Å². The Labute approximate surface area is 76.6 Å². The van der Waals surface area contributed by atoms with Crippen LogP contribution in [0.1, 0.15) is 25.6 Å². The summed E-state index contributed by atoms with van der Waals surface area (Å²) in [6.07, 6.45) is 1.57. The first kappa shape index (κ1) is 9.80. The number of carboxylic acid groups (broad SMARTS) is 1. The Morgan fingerprint density at radius 2 is 2.31 bits per heavy atom. The van der Waals surface area contributed by atoms with Gasteiger partial charge in [0, 0.05) is 0 Å². The van der Waals surface area contributed by atoms with Crippen molar-refractivity contribution in [3.8, 4) is 0 Å². The van der Waals surface area contributed by atoms with Crippen molar-refractivity contribution in [2.24, 2.45) is 0 Å². The number of carbonyl (C=O) groups is 1. The lowest BCUT2D eigenvalue weighted by Gasteiger charge is -2.14. The van der Waals surface area contributed by atoms with E-state index in [4.69, 9.17) is 9.52 Å². The minimum Gasteiger partial charge on any atom is -0.480 e. The Kier molecular flexibility index (Phi) is 3.08. The third kappa shape index (κ3) is 2.59. The van der Waals surface area contributed by atoms with Gasteiger partial charge in [-0.15, -0.1) is 0 Å². The zero-order valence-corrected chi connectivity index (χ0v) is 7.65. The van der Waals surface area contributed by atoms with Crippen LogP contribution < -0.4 is 5.32 Å². The van der Waals surface area contributed by atoms with Crippen molar-refractivity contribution in [1.29, 1.82) is 0 Å². The molecule has 2 N–H and O–H groups in total. The summed E-state index contributed by atoms with van der Waals surface area (Å²) in [5.74, 6) is -0.119. The van der Waals surface area contributed by atoms with Crippen molar-refractivity contribution in [2.45, 2.75) is 25.9 Å². The van der Waals surface area contributed by atoms with Gasteiger partial charge >= 0.3 is 5.97 Å². The largest absolute Gasteiger partial charge is 0.480 e. The second-order valence-electron chi connectivity index (χ2n) is 2.96. The average Bonchev–Trinajstić information content (AvgIpc) is 2.55. The molecule has 13 heavy (non-hydrogen) atoms. The van der Waals surface area contributed by atoms with Gasteiger partial charge in [-0.05, 0) is 26.0 Å². The summed E-state index contributed by atoms with van der Waals surface area (Å²) in [6, 6.07) is 2.94. The average molecular weight is 183 g/mol. The standard InChI is InChI=1S/C9H13NO3/c1-6(8-4-3-5-13-8)10-7(2)9(11)12/h3-7,10H,1-2H3,(H,11,12)/t6-,7?/m0/s1. The monoisotopic (exact) mass is 183 g/mol. The molecule has 0 radical (unpaired) electrons. The van der Waals surface area contributed by atoms with Crippen molar-refractivity contribution in [1.82, 2.24) is 5.32 Å². The van der Waals surface area contributed by atoms with Crippen LogP contribution in [0.5, 0.6) is 0 Å². The van der Waals surface area contributed by atoms with E-state index in [0.29, 0.717) is 0 Å². The van der Waals surface area contributed by atoms with Crippen LogP contribution in [0.15, 0.2) is 22.8 Å². The van der Waals surface area contributed by atoms with E-state index in [2.05, 4.69) is 5.32 Å². The van der Waals surface area contributed by atoms with E-state index in [1.165, 1.54) is 0 Å². The highest BCUT2D eigenvalue weighted by atomic mass is 16.4. The molecule has 0 saturated heterocycles. The Balaban J connectivity index is 2.51. The number of aliphatic carboxylic acids is 1. The van der Waals surface area contributed by atoms with Crippen LogP contribution in [0.25, 0.3) is 0 Å². The van der Waals surface area contributed by atoms with Gasteiger partial charge in [-0.3, -0.25) is 10.1 Å². The van der Waals surface area contributed by atoms with Crippen molar-refractivity contribution in [3.63, 3.8) is 0 Å². The smallest absolute Gasteiger partial charge is 0.320 e. The molecular weight excluding hydrogens is 170 g/mol. The normalized spacial score (nSPS) is 15.2. The number of hydrogen-bond acceptors (Lipinski definition) is 3. The molecule has 1 rings (SSSR count). The summed E-state index contributed by atoms with van der Waals surface area (Å²) in [5.41, 5.74) is 0. The maximum Gasteiger partial charge on any atom is 0.320 e. The molecule has 0 amide bonds. The first-order valence-electron chi connectivity index (χ1n) is 4.13. The molecule has 0 aliphatic rings. The fourth-order valence-corrected chi connectivity index (χ4v) is 1.07. The Bertz CT molecular complexity index is 268. The minimum absolute atomic E-state index is 0.0823. The third-order valence-electron chi connectivity index (χ3n) is 1.84. The SMILES string of the molecule is CC(N[C@@H](C)c1ccco1)C(=O)O. The van der Waals surface area contributed by atoms with Crippen LogP contribution in [0.4, 0.5) is 0 Å². The summed E-state index contributed by atoms with van der Waals surface area (Å²) in [6.45, 7) is 3.46. The van der Waals surface area contributed by atoms with Crippen molar-refractivity contribution in [2.75, 3.05) is 0 Å². The minimum atomic E-state index is -0.863. The molecule has 1 heterocycles. The van der Waals surface area contributed by atoms with Crippen LogP contribution in [-0.4, -0.2) is 17.1 Å². The number of carboxylic acids is 1. The van der Waals surface area contributed by atoms with Crippen LogP contribution in [-0.2, 0) is 4.79 Å². The molecule has 0 spiro atoms. The van der Waals surface area contributed by atoms with Gasteiger partial charge < -0.3 is 9.52 Å². The van der Waals surface area contributed by atoms with Gasteiger partial charge in [0.25, 0.3) is 0 Å².